The number of allylic oxidation sites excluding steroid dienone is 1. The second kappa shape index (κ2) is 9.52. The van der Waals surface area contributed by atoms with Crippen LogP contribution in [0.15, 0.2) is 11.2 Å². The van der Waals surface area contributed by atoms with Crippen LogP contribution in [0.2, 0.25) is 0 Å². The van der Waals surface area contributed by atoms with Crippen molar-refractivity contribution in [3.05, 3.63) is 80.5 Å². The number of rotatable bonds is 6. The highest BCUT2D eigenvalue weighted by Gasteiger charge is 2.34. The van der Waals surface area contributed by atoms with E-state index >= 15 is 0 Å². The number of carbonyl (C=O) groups is 1. The molecule has 0 N–H and O–H groups in total. The lowest BCUT2D eigenvalue weighted by molar-refractivity contribution is -0.112. The van der Waals surface area contributed by atoms with Gasteiger partial charge in [-0.1, -0.05) is 0 Å². The lowest BCUT2D eigenvalue weighted by atomic mass is 10.1. The maximum atomic E-state index is 14.0. The number of hydrogen-bond donors (Lipinski definition) is 0. The van der Waals surface area contributed by atoms with Gasteiger partial charge in [-0.25, -0.2) is 56.7 Å². The molecule has 0 heterocycles. The maximum Gasteiger partial charge on any atom is 0.251 e. The zero-order valence-electron chi connectivity index (χ0n) is 15.5. The summed E-state index contributed by atoms with van der Waals surface area (Å²) >= 11 is 0. The Kier molecular flexibility index (Phi) is 7.54. The van der Waals surface area contributed by atoms with E-state index in [1.54, 1.807) is 0 Å². The summed E-state index contributed by atoms with van der Waals surface area (Å²) in [4.78, 5) is 11.6. The van der Waals surface area contributed by atoms with Crippen LogP contribution >= 0.6 is 0 Å². The number of halogens is 12. The Balaban J connectivity index is 2.45. The van der Waals surface area contributed by atoms with Crippen LogP contribution in [0.25, 0.3) is 11.9 Å². The predicted octanol–water partition coefficient (Wildman–Crippen LogP) is 5.34. The van der Waals surface area contributed by atoms with Crippen LogP contribution in [0, 0.1) is 58.2 Å². The lowest BCUT2D eigenvalue weighted by Crippen LogP contribution is -2.16. The van der Waals surface area contributed by atoms with Crippen molar-refractivity contribution in [2.45, 2.75) is 0 Å². The zero-order valence-corrected chi connectivity index (χ0v) is 16.3. The molecule has 2 aromatic carbocycles. The fraction of sp³-hybridized carbons (Fsp3) is 0.0556. The standard InChI is InChI=1S/C18H4F12O3S/c19-7-5(8(20)13(25)16(28)12(7)24)2-1-4(31)3-34(32,33)18(30)11(23)6-9(21)14(26)17(29)15(27)10(6)22/h1-2H,3H2. The third-order valence-electron chi connectivity index (χ3n) is 3.89. The van der Waals surface area contributed by atoms with Crippen LogP contribution in [0.4, 0.5) is 52.7 Å². The molecule has 0 bridgehead atoms. The molecule has 3 nitrogen and oxygen atoms in total. The van der Waals surface area contributed by atoms with Gasteiger partial charge in [0.05, 0.1) is 11.1 Å². The van der Waals surface area contributed by atoms with Crippen molar-refractivity contribution in [1.82, 2.24) is 0 Å². The number of carbonyl (C=O) groups excluding carboxylic acids is 1. The van der Waals surface area contributed by atoms with E-state index < -0.39 is 102 Å². The number of ketones is 1. The number of benzene rings is 2. The second-order valence-electron chi connectivity index (χ2n) is 6.07. The molecular formula is C18H4F12O3S. The van der Waals surface area contributed by atoms with E-state index in [2.05, 4.69) is 0 Å². The average Bonchev–Trinajstić information content (AvgIpc) is 2.77. The van der Waals surface area contributed by atoms with E-state index in [0.717, 1.165) is 0 Å². The van der Waals surface area contributed by atoms with E-state index in [1.165, 1.54) is 0 Å². The third kappa shape index (κ3) is 4.67. The number of hydrogen-bond acceptors (Lipinski definition) is 3. The van der Waals surface area contributed by atoms with Gasteiger partial charge >= 0.3 is 0 Å². The van der Waals surface area contributed by atoms with Gasteiger partial charge in [0, 0.05) is 0 Å². The predicted molar refractivity (Wildman–Crippen MR) is 89.4 cm³/mol. The Bertz CT molecular complexity index is 1320. The van der Waals surface area contributed by atoms with Gasteiger partial charge < -0.3 is 0 Å². The molecule has 0 fully saturated rings. The molecule has 0 aliphatic carbocycles. The summed E-state index contributed by atoms with van der Waals surface area (Å²) in [6, 6.07) is 0. The van der Waals surface area contributed by atoms with Crippen molar-refractivity contribution in [2.24, 2.45) is 0 Å². The van der Waals surface area contributed by atoms with Crippen LogP contribution in [0.5, 0.6) is 0 Å². The summed E-state index contributed by atoms with van der Waals surface area (Å²) < 4.78 is 184. The van der Waals surface area contributed by atoms with Crippen molar-refractivity contribution < 1.29 is 65.9 Å². The van der Waals surface area contributed by atoms with Crippen LogP contribution in [0.1, 0.15) is 11.1 Å². The summed E-state index contributed by atoms with van der Waals surface area (Å²) in [5.74, 6) is -33.6. The molecule has 0 spiro atoms. The molecule has 0 atom stereocenters. The fourth-order valence-electron chi connectivity index (χ4n) is 2.28. The smallest absolute Gasteiger partial charge is 0.251 e. The molecule has 0 aliphatic heterocycles. The molecule has 0 saturated carbocycles. The minimum Gasteiger partial charge on any atom is -0.294 e. The Morgan fingerprint density at radius 3 is 1.38 bits per heavy atom. The van der Waals surface area contributed by atoms with Gasteiger partial charge in [0.25, 0.3) is 5.16 Å². The van der Waals surface area contributed by atoms with E-state index in [0.29, 0.717) is 0 Å². The normalized spacial score (nSPS) is 12.9. The zero-order chi connectivity index (χ0) is 26.3. The molecule has 184 valence electrons. The van der Waals surface area contributed by atoms with Gasteiger partial charge in [0.1, 0.15) is 5.75 Å². The summed E-state index contributed by atoms with van der Waals surface area (Å²) in [5, 5.41) is -3.16. The van der Waals surface area contributed by atoms with Gasteiger partial charge in [0.2, 0.25) is 21.5 Å². The quantitative estimate of drug-likeness (QED) is 0.220. The summed E-state index contributed by atoms with van der Waals surface area (Å²) in [5.41, 5.74) is -4.33. The molecule has 34 heavy (non-hydrogen) atoms. The minimum absolute atomic E-state index is 0.101. The van der Waals surface area contributed by atoms with Gasteiger partial charge in [-0.2, -0.15) is 4.39 Å². The van der Waals surface area contributed by atoms with Gasteiger partial charge in [-0.05, 0) is 12.2 Å². The maximum absolute atomic E-state index is 14.0. The van der Waals surface area contributed by atoms with Crippen LogP contribution < -0.4 is 0 Å². The van der Waals surface area contributed by atoms with Gasteiger partial charge in [-0.15, -0.1) is 0 Å². The van der Waals surface area contributed by atoms with E-state index in [9.17, 15) is 65.9 Å². The first-order valence-electron chi connectivity index (χ1n) is 8.06. The van der Waals surface area contributed by atoms with Gasteiger partial charge in [0.15, 0.2) is 58.1 Å². The molecule has 0 aliphatic rings. The molecule has 2 aromatic rings. The molecule has 0 saturated heterocycles. The van der Waals surface area contributed by atoms with Crippen molar-refractivity contribution in [3.8, 4) is 0 Å². The SMILES string of the molecule is O=C(C=Cc1c(F)c(F)c(F)c(F)c1F)CS(=O)(=O)C(F)=C(F)c1c(F)c(F)c(F)c(F)c1F. The molecular weight excluding hydrogens is 524 g/mol. The Morgan fingerprint density at radius 2 is 0.971 bits per heavy atom. The molecule has 0 aromatic heterocycles. The Hall–Kier alpha value is -3.30. The van der Waals surface area contributed by atoms with Crippen molar-refractivity contribution >= 4 is 27.5 Å². The Morgan fingerprint density at radius 1 is 0.618 bits per heavy atom. The number of sulfone groups is 1. The third-order valence-corrected chi connectivity index (χ3v) is 5.28. The molecule has 0 unspecified atom stereocenters. The van der Waals surface area contributed by atoms with Crippen LogP contribution in [0.3, 0.4) is 0 Å². The highest BCUT2D eigenvalue weighted by atomic mass is 32.2. The minimum atomic E-state index is -5.85. The highest BCUT2D eigenvalue weighted by molar-refractivity contribution is 7.95. The molecule has 2 rings (SSSR count). The molecule has 16 heteroatoms. The fourth-order valence-corrected chi connectivity index (χ4v) is 3.25. The first kappa shape index (κ1) is 26.9. The largest absolute Gasteiger partial charge is 0.294 e. The first-order valence-corrected chi connectivity index (χ1v) is 9.71. The Labute approximate surface area is 180 Å². The molecule has 0 amide bonds. The summed E-state index contributed by atoms with van der Waals surface area (Å²) in [6.07, 6.45) is -0.227. The molecule has 0 radical (unpaired) electrons. The van der Waals surface area contributed by atoms with Crippen molar-refractivity contribution in [1.29, 1.82) is 0 Å². The van der Waals surface area contributed by atoms with Crippen LogP contribution in [-0.4, -0.2) is 20.0 Å². The highest BCUT2D eigenvalue weighted by Crippen LogP contribution is 2.33. The summed E-state index contributed by atoms with van der Waals surface area (Å²) in [6.45, 7) is 0. The summed E-state index contributed by atoms with van der Waals surface area (Å²) in [7, 11) is -5.85. The first-order chi connectivity index (χ1) is 15.5. The average molecular weight is 528 g/mol. The van der Waals surface area contributed by atoms with Crippen molar-refractivity contribution in [2.75, 3.05) is 5.75 Å². The van der Waals surface area contributed by atoms with Crippen molar-refractivity contribution in [3.63, 3.8) is 0 Å². The van der Waals surface area contributed by atoms with E-state index in [4.69, 9.17) is 0 Å². The van der Waals surface area contributed by atoms with E-state index in [1.807, 2.05) is 0 Å². The second-order valence-corrected chi connectivity index (χ2v) is 7.95. The topological polar surface area (TPSA) is 51.2 Å². The van der Waals surface area contributed by atoms with Gasteiger partial charge in [-0.3, -0.25) is 4.79 Å². The van der Waals surface area contributed by atoms with Crippen LogP contribution in [-0.2, 0) is 14.6 Å². The lowest BCUT2D eigenvalue weighted by Gasteiger charge is -2.08. The van der Waals surface area contributed by atoms with E-state index in [-0.39, 0.29) is 12.2 Å². The monoisotopic (exact) mass is 528 g/mol.